The number of rotatable bonds is 8. The average Bonchev–Trinajstić information content (AvgIpc) is 3.12. The maximum atomic E-state index is 12.8. The van der Waals surface area contributed by atoms with Crippen LogP contribution in [-0.4, -0.2) is 74.9 Å². The summed E-state index contributed by atoms with van der Waals surface area (Å²) in [5.41, 5.74) is 1.30. The number of aromatic amines is 1. The Labute approximate surface area is 191 Å². The molecule has 33 heavy (non-hydrogen) atoms. The number of aromatic nitrogens is 1. The summed E-state index contributed by atoms with van der Waals surface area (Å²) in [6.45, 7) is 5.61. The molecule has 11 heteroatoms. The SMILES string of the molecule is CCOC(=O)c1c(C)[nH]c(C(=O)COC(=O)c2cccc(S(=O)(=O)N3CCOCC3)c2)c1C. The lowest BCUT2D eigenvalue weighted by molar-refractivity contribution is 0.0472. The monoisotopic (exact) mass is 478 g/mol. The second kappa shape index (κ2) is 10.3. The van der Waals surface area contributed by atoms with Crippen LogP contribution < -0.4 is 0 Å². The molecule has 0 radical (unpaired) electrons. The van der Waals surface area contributed by atoms with Crippen LogP contribution >= 0.6 is 0 Å². The fourth-order valence-electron chi connectivity index (χ4n) is 3.54. The molecule has 0 atom stereocenters. The zero-order chi connectivity index (χ0) is 24.2. The summed E-state index contributed by atoms with van der Waals surface area (Å²) < 4.78 is 42.2. The van der Waals surface area contributed by atoms with Crippen LogP contribution in [0.3, 0.4) is 0 Å². The van der Waals surface area contributed by atoms with Gasteiger partial charge in [-0.3, -0.25) is 4.79 Å². The van der Waals surface area contributed by atoms with Gasteiger partial charge in [0.05, 0.1) is 41.5 Å². The number of nitrogens with one attached hydrogen (secondary N) is 1. The van der Waals surface area contributed by atoms with Gasteiger partial charge in [0.15, 0.2) is 6.61 Å². The van der Waals surface area contributed by atoms with Crippen LogP contribution in [0.15, 0.2) is 29.2 Å². The van der Waals surface area contributed by atoms with Crippen molar-refractivity contribution in [3.8, 4) is 0 Å². The first kappa shape index (κ1) is 24.6. The van der Waals surface area contributed by atoms with Crippen LogP contribution in [0.1, 0.15) is 49.4 Å². The Morgan fingerprint density at radius 2 is 1.79 bits per heavy atom. The number of carbonyl (C=O) groups is 3. The average molecular weight is 479 g/mol. The third-order valence-electron chi connectivity index (χ3n) is 5.21. The molecule has 1 aromatic carbocycles. The number of esters is 2. The minimum Gasteiger partial charge on any atom is -0.462 e. The summed E-state index contributed by atoms with van der Waals surface area (Å²) in [4.78, 5) is 40.0. The molecule has 1 aromatic heterocycles. The molecular weight excluding hydrogens is 452 g/mol. The van der Waals surface area contributed by atoms with Crippen molar-refractivity contribution in [1.82, 2.24) is 9.29 Å². The Hall–Kier alpha value is -3.02. The molecule has 2 aromatic rings. The predicted octanol–water partition coefficient (Wildman–Crippen LogP) is 1.87. The van der Waals surface area contributed by atoms with E-state index in [0.717, 1.165) is 0 Å². The van der Waals surface area contributed by atoms with Crippen LogP contribution in [0, 0.1) is 13.8 Å². The molecule has 10 nitrogen and oxygen atoms in total. The first-order chi connectivity index (χ1) is 15.7. The van der Waals surface area contributed by atoms with E-state index in [0.29, 0.717) is 24.5 Å². The lowest BCUT2D eigenvalue weighted by Crippen LogP contribution is -2.40. The standard InChI is InChI=1S/C22H26N2O8S/c1-4-31-22(27)19-14(2)20(23-15(19)3)18(25)13-32-21(26)16-6-5-7-17(12-16)33(28,29)24-8-10-30-11-9-24/h5-7,12,23H,4,8-11,13H2,1-3H3. The first-order valence-electron chi connectivity index (χ1n) is 10.4. The number of carbonyl (C=O) groups excluding carboxylic acids is 3. The van der Waals surface area contributed by atoms with Crippen molar-refractivity contribution in [2.24, 2.45) is 0 Å². The van der Waals surface area contributed by atoms with Crippen LogP contribution in [0.2, 0.25) is 0 Å². The summed E-state index contributed by atoms with van der Waals surface area (Å²) in [7, 11) is -3.78. The van der Waals surface area contributed by atoms with Crippen molar-refractivity contribution in [2.45, 2.75) is 25.7 Å². The number of H-pyrrole nitrogens is 1. The summed E-state index contributed by atoms with van der Waals surface area (Å²) in [6.07, 6.45) is 0. The molecule has 1 aliphatic heterocycles. The van der Waals surface area contributed by atoms with Gasteiger partial charge in [-0.25, -0.2) is 18.0 Å². The van der Waals surface area contributed by atoms with E-state index in [-0.39, 0.29) is 41.4 Å². The molecule has 0 aliphatic carbocycles. The van der Waals surface area contributed by atoms with Crippen LogP contribution in [-0.2, 0) is 24.2 Å². The Morgan fingerprint density at radius 1 is 1.09 bits per heavy atom. The smallest absolute Gasteiger partial charge is 0.340 e. The molecule has 0 bridgehead atoms. The quantitative estimate of drug-likeness (QED) is 0.449. The van der Waals surface area contributed by atoms with Gasteiger partial charge >= 0.3 is 11.9 Å². The molecule has 3 rings (SSSR count). The molecule has 0 amide bonds. The van der Waals surface area contributed by atoms with E-state index in [9.17, 15) is 22.8 Å². The Balaban J connectivity index is 1.70. The van der Waals surface area contributed by atoms with Gasteiger partial charge < -0.3 is 19.2 Å². The van der Waals surface area contributed by atoms with Crippen molar-refractivity contribution in [1.29, 1.82) is 0 Å². The molecule has 1 aliphatic rings. The zero-order valence-corrected chi connectivity index (χ0v) is 19.5. The number of sulfonamides is 1. The predicted molar refractivity (Wildman–Crippen MR) is 117 cm³/mol. The van der Waals surface area contributed by atoms with E-state index < -0.39 is 34.4 Å². The lowest BCUT2D eigenvalue weighted by Gasteiger charge is -2.26. The van der Waals surface area contributed by atoms with E-state index in [1.807, 2.05) is 0 Å². The van der Waals surface area contributed by atoms with E-state index >= 15 is 0 Å². The number of nitrogens with zero attached hydrogens (tertiary/aromatic N) is 1. The summed E-state index contributed by atoms with van der Waals surface area (Å²) >= 11 is 0. The number of hydrogen-bond acceptors (Lipinski definition) is 8. The molecule has 0 unspecified atom stereocenters. The van der Waals surface area contributed by atoms with E-state index in [1.165, 1.54) is 28.6 Å². The highest BCUT2D eigenvalue weighted by atomic mass is 32.2. The van der Waals surface area contributed by atoms with Crippen molar-refractivity contribution >= 4 is 27.7 Å². The topological polar surface area (TPSA) is 132 Å². The van der Waals surface area contributed by atoms with Gasteiger partial charge in [-0.05, 0) is 44.5 Å². The van der Waals surface area contributed by atoms with Crippen LogP contribution in [0.25, 0.3) is 0 Å². The molecular formula is C22H26N2O8S. The summed E-state index contributed by atoms with van der Waals surface area (Å²) in [6, 6.07) is 5.47. The fraction of sp³-hybridized carbons (Fsp3) is 0.409. The van der Waals surface area contributed by atoms with Gasteiger partial charge in [0.1, 0.15) is 0 Å². The maximum Gasteiger partial charge on any atom is 0.340 e. The number of ketones is 1. The number of hydrogen-bond donors (Lipinski definition) is 1. The highest BCUT2D eigenvalue weighted by Gasteiger charge is 2.27. The summed E-state index contributed by atoms with van der Waals surface area (Å²) in [5.74, 6) is -1.91. The highest BCUT2D eigenvalue weighted by Crippen LogP contribution is 2.21. The van der Waals surface area contributed by atoms with E-state index in [1.54, 1.807) is 20.8 Å². The molecule has 0 spiro atoms. The van der Waals surface area contributed by atoms with Gasteiger partial charge in [-0.15, -0.1) is 0 Å². The van der Waals surface area contributed by atoms with Crippen molar-refractivity contribution < 1.29 is 37.0 Å². The maximum absolute atomic E-state index is 12.8. The molecule has 1 saturated heterocycles. The van der Waals surface area contributed by atoms with Crippen molar-refractivity contribution in [3.63, 3.8) is 0 Å². The molecule has 178 valence electrons. The van der Waals surface area contributed by atoms with Crippen molar-refractivity contribution in [3.05, 3.63) is 52.3 Å². The normalized spacial score (nSPS) is 14.6. The van der Waals surface area contributed by atoms with Crippen molar-refractivity contribution in [2.75, 3.05) is 39.5 Å². The second-order valence-corrected chi connectivity index (χ2v) is 9.33. The highest BCUT2D eigenvalue weighted by molar-refractivity contribution is 7.89. The minimum atomic E-state index is -3.78. The van der Waals surface area contributed by atoms with Crippen LogP contribution in [0.5, 0.6) is 0 Å². The Kier molecular flexibility index (Phi) is 7.67. The molecule has 0 saturated carbocycles. The molecule has 1 N–H and O–H groups in total. The van der Waals surface area contributed by atoms with Gasteiger partial charge in [0.2, 0.25) is 15.8 Å². The van der Waals surface area contributed by atoms with E-state index in [2.05, 4.69) is 4.98 Å². The largest absolute Gasteiger partial charge is 0.462 e. The number of aryl methyl sites for hydroxylation is 1. The lowest BCUT2D eigenvalue weighted by atomic mass is 10.1. The fourth-order valence-corrected chi connectivity index (χ4v) is 5.00. The van der Waals surface area contributed by atoms with E-state index in [4.69, 9.17) is 14.2 Å². The number of Topliss-reactive ketones (excluding diaryl/α,β-unsaturated/α-hetero) is 1. The molecule has 1 fully saturated rings. The second-order valence-electron chi connectivity index (χ2n) is 7.39. The van der Waals surface area contributed by atoms with Gasteiger partial charge in [-0.2, -0.15) is 4.31 Å². The van der Waals surface area contributed by atoms with Gasteiger partial charge in [-0.1, -0.05) is 6.07 Å². The Morgan fingerprint density at radius 3 is 2.45 bits per heavy atom. The third kappa shape index (κ3) is 5.32. The number of benzene rings is 1. The summed E-state index contributed by atoms with van der Waals surface area (Å²) in [5, 5.41) is 0. The van der Waals surface area contributed by atoms with Crippen LogP contribution in [0.4, 0.5) is 0 Å². The first-order valence-corrected chi connectivity index (χ1v) is 11.8. The number of ether oxygens (including phenoxy) is 3. The number of morpholine rings is 1. The van der Waals surface area contributed by atoms with Gasteiger partial charge in [0, 0.05) is 18.8 Å². The van der Waals surface area contributed by atoms with Gasteiger partial charge in [0.25, 0.3) is 0 Å². The minimum absolute atomic E-state index is 0.00346. The third-order valence-corrected chi connectivity index (χ3v) is 7.10. The molecule has 2 heterocycles. The zero-order valence-electron chi connectivity index (χ0n) is 18.7. The Bertz CT molecular complexity index is 1160.